The summed E-state index contributed by atoms with van der Waals surface area (Å²) in [4.78, 5) is 0. The second kappa shape index (κ2) is 8.36. The van der Waals surface area contributed by atoms with Crippen molar-refractivity contribution in [2.24, 2.45) is 0 Å². The Hall–Kier alpha value is -2.05. The smallest absolute Gasteiger partial charge is 0.208 e. The van der Waals surface area contributed by atoms with Crippen LogP contribution in [0.1, 0.15) is 12.1 Å². The lowest BCUT2D eigenvalue weighted by Crippen LogP contribution is -2.24. The zero-order chi connectivity index (χ0) is 18.4. The monoisotopic (exact) mass is 434 g/mol. The van der Waals surface area contributed by atoms with Crippen LogP contribution in [0.3, 0.4) is 0 Å². The maximum absolute atomic E-state index is 13.2. The quantitative estimate of drug-likeness (QED) is 0.282. The summed E-state index contributed by atoms with van der Waals surface area (Å²) in [5.41, 5.74) is 0.640. The first-order chi connectivity index (χ1) is 11.8. The molecule has 0 amide bonds. The SMILES string of the molecule is CS(=O)(=O)NCCCNc1nonc1C(=N)Nc1ccc(F)c(Br)c1. The number of hydrogen-bond acceptors (Lipinski definition) is 7. The second-order valence-corrected chi connectivity index (χ2v) is 7.72. The Bertz CT molecular complexity index is 857. The number of amidine groups is 1. The molecule has 4 N–H and O–H groups in total. The largest absolute Gasteiger partial charge is 0.365 e. The van der Waals surface area contributed by atoms with Gasteiger partial charge in [0, 0.05) is 18.8 Å². The van der Waals surface area contributed by atoms with Crippen LogP contribution in [0.5, 0.6) is 0 Å². The molecule has 12 heteroatoms. The van der Waals surface area contributed by atoms with Gasteiger partial charge in [0.2, 0.25) is 15.8 Å². The molecule has 0 bridgehead atoms. The molecular formula is C13H16BrFN6O3S. The Morgan fingerprint density at radius 2 is 2.12 bits per heavy atom. The van der Waals surface area contributed by atoms with Crippen molar-refractivity contribution in [1.82, 2.24) is 15.0 Å². The van der Waals surface area contributed by atoms with E-state index in [1.54, 1.807) is 0 Å². The minimum atomic E-state index is -3.22. The minimum absolute atomic E-state index is 0.0866. The van der Waals surface area contributed by atoms with E-state index < -0.39 is 15.8 Å². The summed E-state index contributed by atoms with van der Waals surface area (Å²) >= 11 is 3.07. The first-order valence-electron chi connectivity index (χ1n) is 7.08. The van der Waals surface area contributed by atoms with Crippen LogP contribution in [0.2, 0.25) is 0 Å². The molecule has 2 rings (SSSR count). The van der Waals surface area contributed by atoms with Crippen molar-refractivity contribution in [3.63, 3.8) is 0 Å². The van der Waals surface area contributed by atoms with Crippen LogP contribution in [-0.2, 0) is 10.0 Å². The van der Waals surface area contributed by atoms with Crippen LogP contribution in [0.25, 0.3) is 0 Å². The summed E-state index contributed by atoms with van der Waals surface area (Å²) in [6.45, 7) is 0.671. The van der Waals surface area contributed by atoms with E-state index in [4.69, 9.17) is 5.41 Å². The van der Waals surface area contributed by atoms with Crippen molar-refractivity contribution in [1.29, 1.82) is 5.41 Å². The molecule has 0 saturated heterocycles. The molecule has 0 radical (unpaired) electrons. The Morgan fingerprint density at radius 1 is 1.36 bits per heavy atom. The highest BCUT2D eigenvalue weighted by atomic mass is 79.9. The van der Waals surface area contributed by atoms with Crippen molar-refractivity contribution in [2.45, 2.75) is 6.42 Å². The Kier molecular flexibility index (Phi) is 6.45. The van der Waals surface area contributed by atoms with Gasteiger partial charge in [0.25, 0.3) is 0 Å². The van der Waals surface area contributed by atoms with Gasteiger partial charge >= 0.3 is 0 Å². The lowest BCUT2D eigenvalue weighted by atomic mass is 10.3. The fourth-order valence-electron chi connectivity index (χ4n) is 1.80. The molecule has 1 aromatic heterocycles. The Balaban J connectivity index is 1.91. The van der Waals surface area contributed by atoms with Gasteiger partial charge in [-0.2, -0.15) is 0 Å². The van der Waals surface area contributed by atoms with Crippen LogP contribution < -0.4 is 15.4 Å². The Morgan fingerprint density at radius 3 is 2.80 bits per heavy atom. The first kappa shape index (κ1) is 19.3. The molecule has 136 valence electrons. The molecule has 0 aliphatic carbocycles. The number of benzene rings is 1. The molecule has 0 unspecified atom stereocenters. The third-order valence-corrected chi connectivity index (χ3v) is 4.26. The number of aromatic nitrogens is 2. The average Bonchev–Trinajstić information content (AvgIpc) is 2.98. The van der Waals surface area contributed by atoms with Crippen molar-refractivity contribution in [2.75, 3.05) is 30.0 Å². The number of nitrogens with one attached hydrogen (secondary N) is 4. The first-order valence-corrected chi connectivity index (χ1v) is 9.77. The van der Waals surface area contributed by atoms with Crippen molar-refractivity contribution in [3.05, 3.63) is 34.2 Å². The van der Waals surface area contributed by atoms with Crippen molar-refractivity contribution < 1.29 is 17.4 Å². The Labute approximate surface area is 152 Å². The van der Waals surface area contributed by atoms with Crippen molar-refractivity contribution in [3.8, 4) is 0 Å². The van der Waals surface area contributed by atoms with Crippen LogP contribution in [0, 0.1) is 11.2 Å². The van der Waals surface area contributed by atoms with Gasteiger partial charge in [-0.15, -0.1) is 0 Å². The molecular weight excluding hydrogens is 419 g/mol. The number of anilines is 2. The number of halogens is 2. The van der Waals surface area contributed by atoms with Crippen LogP contribution >= 0.6 is 15.9 Å². The fourth-order valence-corrected chi connectivity index (χ4v) is 2.69. The molecule has 0 spiro atoms. The summed E-state index contributed by atoms with van der Waals surface area (Å²) in [5.74, 6) is -0.250. The normalized spacial score (nSPS) is 11.3. The van der Waals surface area contributed by atoms with Gasteiger partial charge in [0.05, 0.1) is 10.7 Å². The fraction of sp³-hybridized carbons (Fsp3) is 0.308. The van der Waals surface area contributed by atoms with Gasteiger partial charge in [0.15, 0.2) is 11.5 Å². The van der Waals surface area contributed by atoms with Crippen molar-refractivity contribution >= 4 is 43.3 Å². The highest BCUT2D eigenvalue weighted by molar-refractivity contribution is 9.10. The zero-order valence-corrected chi connectivity index (χ0v) is 15.5. The van der Waals surface area contributed by atoms with Crippen LogP contribution in [-0.4, -0.2) is 43.9 Å². The summed E-state index contributed by atoms with van der Waals surface area (Å²) in [7, 11) is -3.22. The van der Waals surface area contributed by atoms with E-state index in [1.807, 2.05) is 0 Å². The average molecular weight is 435 g/mol. The number of nitrogens with zero attached hydrogens (tertiary/aromatic N) is 2. The van der Waals surface area contributed by atoms with Gasteiger partial charge in [-0.3, -0.25) is 5.41 Å². The zero-order valence-electron chi connectivity index (χ0n) is 13.1. The van der Waals surface area contributed by atoms with E-state index in [-0.39, 0.29) is 28.4 Å². The third-order valence-electron chi connectivity index (χ3n) is 2.92. The van der Waals surface area contributed by atoms with E-state index in [9.17, 15) is 12.8 Å². The summed E-state index contributed by atoms with van der Waals surface area (Å²) in [5, 5.41) is 21.0. The lowest BCUT2D eigenvalue weighted by molar-refractivity contribution is 0.307. The molecule has 25 heavy (non-hydrogen) atoms. The van der Waals surface area contributed by atoms with E-state index in [0.717, 1.165) is 6.26 Å². The number of rotatable bonds is 8. The van der Waals surface area contributed by atoms with Crippen LogP contribution in [0.4, 0.5) is 15.9 Å². The molecule has 9 nitrogen and oxygen atoms in total. The lowest BCUT2D eigenvalue weighted by Gasteiger charge is -2.08. The summed E-state index contributed by atoms with van der Waals surface area (Å²) < 4.78 is 42.4. The molecule has 0 fully saturated rings. The summed E-state index contributed by atoms with van der Waals surface area (Å²) in [6.07, 6.45) is 1.59. The topological polar surface area (TPSA) is 133 Å². The predicted octanol–water partition coefficient (Wildman–Crippen LogP) is 1.76. The van der Waals surface area contributed by atoms with Gasteiger partial charge in [-0.05, 0) is 50.9 Å². The van der Waals surface area contributed by atoms with Gasteiger partial charge < -0.3 is 10.6 Å². The van der Waals surface area contributed by atoms with E-state index in [2.05, 4.69) is 46.2 Å². The van der Waals surface area contributed by atoms with Crippen LogP contribution in [0.15, 0.2) is 27.3 Å². The molecule has 0 atom stereocenters. The standard InChI is InChI=1S/C13H16BrFN6O3S/c1-25(22,23)18-6-2-5-17-13-11(20-24-21-13)12(16)19-8-3-4-10(15)9(14)7-8/h3-4,7,18H,2,5-6H2,1H3,(H2,16,19)(H,17,21). The maximum Gasteiger partial charge on any atom is 0.208 e. The number of sulfonamides is 1. The molecule has 1 heterocycles. The molecule has 1 aromatic carbocycles. The van der Waals surface area contributed by atoms with E-state index in [0.29, 0.717) is 18.7 Å². The second-order valence-electron chi connectivity index (χ2n) is 5.04. The minimum Gasteiger partial charge on any atom is -0.365 e. The summed E-state index contributed by atoms with van der Waals surface area (Å²) in [6, 6.07) is 4.22. The molecule has 0 aliphatic heterocycles. The molecule has 0 aliphatic rings. The van der Waals surface area contributed by atoms with E-state index >= 15 is 0 Å². The highest BCUT2D eigenvalue weighted by Crippen LogP contribution is 2.21. The molecule has 0 saturated carbocycles. The van der Waals surface area contributed by atoms with E-state index in [1.165, 1.54) is 18.2 Å². The third kappa shape index (κ3) is 6.07. The van der Waals surface area contributed by atoms with Gasteiger partial charge in [-0.1, -0.05) is 0 Å². The molecule has 2 aromatic rings. The van der Waals surface area contributed by atoms with Gasteiger partial charge in [0.1, 0.15) is 5.82 Å². The highest BCUT2D eigenvalue weighted by Gasteiger charge is 2.15. The predicted molar refractivity (Wildman–Crippen MR) is 94.8 cm³/mol. The maximum atomic E-state index is 13.2. The van der Waals surface area contributed by atoms with Gasteiger partial charge in [-0.25, -0.2) is 22.2 Å². The number of hydrogen-bond donors (Lipinski definition) is 4.